The van der Waals surface area contributed by atoms with E-state index in [1.54, 1.807) is 0 Å². The van der Waals surface area contributed by atoms with Gasteiger partial charge >= 0.3 is 0 Å². The Morgan fingerprint density at radius 1 is 1.24 bits per heavy atom. The number of benzene rings is 1. The van der Waals surface area contributed by atoms with Crippen molar-refractivity contribution in [3.05, 3.63) is 45.7 Å². The Morgan fingerprint density at radius 2 is 2.06 bits per heavy atom. The molecule has 1 N–H and O–H groups in total. The molecule has 0 saturated carbocycles. The van der Waals surface area contributed by atoms with Crippen LogP contribution in [0.2, 0.25) is 0 Å². The molecule has 1 aromatic carbocycles. The topological polar surface area (TPSA) is 12.0 Å². The molecule has 0 unspecified atom stereocenters. The third-order valence-electron chi connectivity index (χ3n) is 2.46. The van der Waals surface area contributed by atoms with Gasteiger partial charge in [-0.3, -0.25) is 0 Å². The summed E-state index contributed by atoms with van der Waals surface area (Å²) in [6.07, 6.45) is 0. The van der Waals surface area contributed by atoms with E-state index in [0.29, 0.717) is 6.04 Å². The second kappa shape index (κ2) is 5.80. The molecule has 0 aliphatic carbocycles. The summed E-state index contributed by atoms with van der Waals surface area (Å²) in [6, 6.07) is 13.4. The highest BCUT2D eigenvalue weighted by atomic mass is 79.9. The molecule has 0 bridgehead atoms. The van der Waals surface area contributed by atoms with E-state index in [4.69, 9.17) is 0 Å². The number of rotatable bonds is 4. The Hall–Kier alpha value is -0.640. The van der Waals surface area contributed by atoms with Crippen molar-refractivity contribution < 1.29 is 0 Å². The standard InChI is InChI=1S/C14H16BrNS/c1-10(2)16-9-13-6-7-14(17-13)11-4-3-5-12(15)8-11/h3-8,10,16H,9H2,1-2H3. The van der Waals surface area contributed by atoms with Gasteiger partial charge in [-0.15, -0.1) is 11.3 Å². The number of halogens is 1. The van der Waals surface area contributed by atoms with Gasteiger partial charge in [-0.25, -0.2) is 0 Å². The molecule has 0 spiro atoms. The van der Waals surface area contributed by atoms with Crippen molar-refractivity contribution in [2.45, 2.75) is 26.4 Å². The summed E-state index contributed by atoms with van der Waals surface area (Å²) in [4.78, 5) is 2.71. The minimum Gasteiger partial charge on any atom is -0.310 e. The molecule has 0 saturated heterocycles. The first-order valence-electron chi connectivity index (χ1n) is 5.73. The van der Waals surface area contributed by atoms with Crippen molar-refractivity contribution in [3.8, 4) is 10.4 Å². The lowest BCUT2D eigenvalue weighted by Gasteiger charge is -2.05. The lowest BCUT2D eigenvalue weighted by Crippen LogP contribution is -2.21. The lowest BCUT2D eigenvalue weighted by molar-refractivity contribution is 0.593. The van der Waals surface area contributed by atoms with Crippen molar-refractivity contribution in [1.29, 1.82) is 0 Å². The first-order valence-corrected chi connectivity index (χ1v) is 7.34. The largest absolute Gasteiger partial charge is 0.310 e. The van der Waals surface area contributed by atoms with Crippen LogP contribution in [-0.4, -0.2) is 6.04 Å². The number of thiophene rings is 1. The maximum absolute atomic E-state index is 3.51. The third kappa shape index (κ3) is 3.66. The summed E-state index contributed by atoms with van der Waals surface area (Å²) in [5, 5.41) is 3.44. The van der Waals surface area contributed by atoms with Crippen LogP contribution >= 0.6 is 27.3 Å². The zero-order chi connectivity index (χ0) is 12.3. The van der Waals surface area contributed by atoms with Crippen LogP contribution in [0.5, 0.6) is 0 Å². The number of nitrogens with one attached hydrogen (secondary N) is 1. The first-order chi connectivity index (χ1) is 8.15. The lowest BCUT2D eigenvalue weighted by atomic mass is 10.2. The average Bonchev–Trinajstić information content (AvgIpc) is 2.75. The summed E-state index contributed by atoms with van der Waals surface area (Å²) in [5.41, 5.74) is 1.28. The van der Waals surface area contributed by atoms with Crippen LogP contribution in [-0.2, 0) is 6.54 Å². The van der Waals surface area contributed by atoms with Gasteiger partial charge in [0.15, 0.2) is 0 Å². The van der Waals surface area contributed by atoms with Gasteiger partial charge in [-0.05, 0) is 29.8 Å². The van der Waals surface area contributed by atoms with Gasteiger partial charge in [-0.1, -0.05) is 41.9 Å². The van der Waals surface area contributed by atoms with Gasteiger partial charge in [0, 0.05) is 26.8 Å². The molecule has 17 heavy (non-hydrogen) atoms. The van der Waals surface area contributed by atoms with E-state index in [1.165, 1.54) is 15.3 Å². The van der Waals surface area contributed by atoms with Gasteiger partial charge in [-0.2, -0.15) is 0 Å². The quantitative estimate of drug-likeness (QED) is 0.865. The predicted molar refractivity (Wildman–Crippen MR) is 79.4 cm³/mol. The third-order valence-corrected chi connectivity index (χ3v) is 4.08. The minimum absolute atomic E-state index is 0.534. The second-order valence-corrected chi connectivity index (χ2v) is 6.40. The van der Waals surface area contributed by atoms with E-state index < -0.39 is 0 Å². The normalized spacial score (nSPS) is 11.1. The van der Waals surface area contributed by atoms with E-state index in [9.17, 15) is 0 Å². The van der Waals surface area contributed by atoms with Crippen molar-refractivity contribution in [3.63, 3.8) is 0 Å². The molecule has 1 heterocycles. The van der Waals surface area contributed by atoms with Crippen LogP contribution in [0.25, 0.3) is 10.4 Å². The molecule has 0 atom stereocenters. The van der Waals surface area contributed by atoms with Gasteiger partial charge < -0.3 is 5.32 Å². The van der Waals surface area contributed by atoms with Crippen molar-refractivity contribution in [1.82, 2.24) is 5.32 Å². The van der Waals surface area contributed by atoms with E-state index in [-0.39, 0.29) is 0 Å². The van der Waals surface area contributed by atoms with Crippen molar-refractivity contribution in [2.75, 3.05) is 0 Å². The van der Waals surface area contributed by atoms with Crippen LogP contribution in [0, 0.1) is 0 Å². The molecule has 90 valence electrons. The monoisotopic (exact) mass is 309 g/mol. The van der Waals surface area contributed by atoms with E-state index in [0.717, 1.165) is 11.0 Å². The van der Waals surface area contributed by atoms with Crippen LogP contribution in [0.15, 0.2) is 40.9 Å². The molecule has 3 heteroatoms. The van der Waals surface area contributed by atoms with Crippen molar-refractivity contribution >= 4 is 27.3 Å². The summed E-state index contributed by atoms with van der Waals surface area (Å²) in [5.74, 6) is 0. The molecular weight excluding hydrogens is 294 g/mol. The summed E-state index contributed by atoms with van der Waals surface area (Å²) >= 11 is 5.36. The van der Waals surface area contributed by atoms with E-state index in [1.807, 2.05) is 11.3 Å². The fraction of sp³-hybridized carbons (Fsp3) is 0.286. The molecule has 0 radical (unpaired) electrons. The van der Waals surface area contributed by atoms with Crippen LogP contribution in [0.3, 0.4) is 0 Å². The molecule has 0 fully saturated rings. The highest BCUT2D eigenvalue weighted by Crippen LogP contribution is 2.29. The number of hydrogen-bond acceptors (Lipinski definition) is 2. The Morgan fingerprint density at radius 3 is 2.76 bits per heavy atom. The summed E-state index contributed by atoms with van der Waals surface area (Å²) in [7, 11) is 0. The summed E-state index contributed by atoms with van der Waals surface area (Å²) < 4.78 is 1.13. The molecule has 0 aliphatic rings. The maximum Gasteiger partial charge on any atom is 0.0346 e. The first kappa shape index (κ1) is 12.8. The van der Waals surface area contributed by atoms with Gasteiger partial charge in [0.05, 0.1) is 0 Å². The second-order valence-electron chi connectivity index (χ2n) is 4.31. The molecule has 1 nitrogen and oxygen atoms in total. The fourth-order valence-corrected chi connectivity index (χ4v) is 2.93. The molecule has 2 aromatic rings. The molecular formula is C14H16BrNS. The van der Waals surface area contributed by atoms with Crippen molar-refractivity contribution in [2.24, 2.45) is 0 Å². The highest BCUT2D eigenvalue weighted by Gasteiger charge is 2.03. The molecule has 1 aromatic heterocycles. The zero-order valence-corrected chi connectivity index (χ0v) is 12.4. The van der Waals surface area contributed by atoms with E-state index in [2.05, 4.69) is 71.5 Å². The SMILES string of the molecule is CC(C)NCc1ccc(-c2cccc(Br)c2)s1. The van der Waals surface area contributed by atoms with Crippen LogP contribution < -0.4 is 5.32 Å². The molecule has 0 amide bonds. The Kier molecular flexibility index (Phi) is 4.37. The Balaban J connectivity index is 2.12. The maximum atomic E-state index is 3.51. The zero-order valence-electron chi connectivity index (χ0n) is 10.0. The van der Waals surface area contributed by atoms with Gasteiger partial charge in [0.2, 0.25) is 0 Å². The smallest absolute Gasteiger partial charge is 0.0346 e. The van der Waals surface area contributed by atoms with Gasteiger partial charge in [0.25, 0.3) is 0 Å². The Labute approximate surface area is 115 Å². The van der Waals surface area contributed by atoms with Gasteiger partial charge in [0.1, 0.15) is 0 Å². The van der Waals surface area contributed by atoms with E-state index >= 15 is 0 Å². The number of hydrogen-bond donors (Lipinski definition) is 1. The average molecular weight is 310 g/mol. The van der Waals surface area contributed by atoms with Crippen LogP contribution in [0.4, 0.5) is 0 Å². The predicted octanol–water partition coefficient (Wildman–Crippen LogP) is 4.68. The fourth-order valence-electron chi connectivity index (χ4n) is 1.57. The van der Waals surface area contributed by atoms with Crippen LogP contribution in [0.1, 0.15) is 18.7 Å². The summed E-state index contributed by atoms with van der Waals surface area (Å²) in [6.45, 7) is 5.29. The minimum atomic E-state index is 0.534. The Bertz CT molecular complexity index is 490. The molecule has 2 rings (SSSR count). The highest BCUT2D eigenvalue weighted by molar-refractivity contribution is 9.10. The molecule has 0 aliphatic heterocycles.